The van der Waals surface area contributed by atoms with Crippen LogP contribution in [0.2, 0.25) is 0 Å². The Morgan fingerprint density at radius 1 is 0.903 bits per heavy atom. The lowest BCUT2D eigenvalue weighted by molar-refractivity contribution is 0.0952. The number of amides is 2. The highest BCUT2D eigenvalue weighted by atomic mass is 32.1. The zero-order valence-electron chi connectivity index (χ0n) is 17.5. The van der Waals surface area contributed by atoms with Gasteiger partial charge in [-0.3, -0.25) is 9.59 Å². The Kier molecular flexibility index (Phi) is 6.64. The average molecular weight is 435 g/mol. The number of anilines is 2. The fraction of sp³-hybridized carbons (Fsp3) is 0.250. The summed E-state index contributed by atoms with van der Waals surface area (Å²) in [7, 11) is 2.14. The first-order chi connectivity index (χ1) is 15.1. The molecule has 0 atom stereocenters. The molecule has 0 saturated carbocycles. The van der Waals surface area contributed by atoms with Crippen LogP contribution in [-0.4, -0.2) is 49.9 Å². The predicted molar refractivity (Wildman–Crippen MR) is 126 cm³/mol. The van der Waals surface area contributed by atoms with Gasteiger partial charge < -0.3 is 20.4 Å². The van der Waals surface area contributed by atoms with Crippen molar-refractivity contribution in [3.63, 3.8) is 0 Å². The van der Waals surface area contributed by atoms with Crippen LogP contribution in [-0.2, 0) is 6.54 Å². The van der Waals surface area contributed by atoms with E-state index in [9.17, 15) is 9.59 Å². The molecule has 1 saturated heterocycles. The number of para-hydroxylation sites is 2. The third-order valence-electron chi connectivity index (χ3n) is 5.44. The first kappa shape index (κ1) is 21.1. The van der Waals surface area contributed by atoms with Gasteiger partial charge in [0, 0.05) is 38.4 Å². The van der Waals surface area contributed by atoms with Crippen LogP contribution in [0.4, 0.5) is 11.4 Å². The lowest BCUT2D eigenvalue weighted by Gasteiger charge is -2.35. The minimum atomic E-state index is -0.213. The second-order valence-corrected chi connectivity index (χ2v) is 8.53. The number of hydrogen-bond acceptors (Lipinski definition) is 5. The number of benzene rings is 2. The molecular weight excluding hydrogens is 408 g/mol. The summed E-state index contributed by atoms with van der Waals surface area (Å²) >= 11 is 1.37. The van der Waals surface area contributed by atoms with E-state index >= 15 is 0 Å². The Hall–Kier alpha value is -3.16. The lowest BCUT2D eigenvalue weighted by Crippen LogP contribution is -2.45. The van der Waals surface area contributed by atoms with E-state index in [-0.39, 0.29) is 11.8 Å². The van der Waals surface area contributed by atoms with Crippen LogP contribution in [0, 0.1) is 0 Å². The third-order valence-corrected chi connectivity index (χ3v) is 6.31. The summed E-state index contributed by atoms with van der Waals surface area (Å²) < 4.78 is 0. The molecule has 2 heterocycles. The summed E-state index contributed by atoms with van der Waals surface area (Å²) in [5, 5.41) is 7.74. The van der Waals surface area contributed by atoms with Crippen molar-refractivity contribution in [3.8, 4) is 0 Å². The van der Waals surface area contributed by atoms with E-state index in [0.29, 0.717) is 22.7 Å². The average Bonchev–Trinajstić information content (AvgIpc) is 3.34. The number of likely N-dealkylation sites (N-methyl/N-ethyl adjacent to an activating group) is 1. The molecule has 6 nitrogen and oxygen atoms in total. The van der Waals surface area contributed by atoms with Crippen molar-refractivity contribution < 1.29 is 9.59 Å². The molecule has 2 amide bonds. The topological polar surface area (TPSA) is 64.7 Å². The molecule has 2 N–H and O–H groups in total. The monoisotopic (exact) mass is 434 g/mol. The fourth-order valence-electron chi connectivity index (χ4n) is 3.67. The van der Waals surface area contributed by atoms with Crippen molar-refractivity contribution in [1.29, 1.82) is 0 Å². The minimum Gasteiger partial charge on any atom is -0.369 e. The summed E-state index contributed by atoms with van der Waals surface area (Å²) in [5.41, 5.74) is 3.20. The van der Waals surface area contributed by atoms with Crippen molar-refractivity contribution in [2.45, 2.75) is 6.54 Å². The minimum absolute atomic E-state index is 0.212. The molecule has 160 valence electrons. The molecule has 3 aromatic rings. The van der Waals surface area contributed by atoms with Gasteiger partial charge in [0.2, 0.25) is 0 Å². The number of nitrogens with zero attached hydrogens (tertiary/aromatic N) is 2. The molecule has 0 aliphatic carbocycles. The Morgan fingerprint density at radius 2 is 1.65 bits per heavy atom. The van der Waals surface area contributed by atoms with Crippen molar-refractivity contribution in [3.05, 3.63) is 82.0 Å². The molecule has 0 spiro atoms. The van der Waals surface area contributed by atoms with Crippen molar-refractivity contribution in [1.82, 2.24) is 10.2 Å². The van der Waals surface area contributed by atoms with Crippen LogP contribution >= 0.6 is 11.3 Å². The van der Waals surface area contributed by atoms with Gasteiger partial charge in [-0.2, -0.15) is 0 Å². The van der Waals surface area contributed by atoms with Gasteiger partial charge in [-0.05, 0) is 42.3 Å². The van der Waals surface area contributed by atoms with Crippen molar-refractivity contribution >= 4 is 34.5 Å². The number of thiophene rings is 1. The Labute approximate surface area is 186 Å². The first-order valence-corrected chi connectivity index (χ1v) is 11.2. The molecule has 2 aromatic carbocycles. The molecule has 1 aliphatic heterocycles. The molecular formula is C24H26N4O2S. The number of hydrogen-bond donors (Lipinski definition) is 2. The largest absolute Gasteiger partial charge is 0.369 e. The van der Waals surface area contributed by atoms with E-state index in [2.05, 4.69) is 39.6 Å². The summed E-state index contributed by atoms with van der Waals surface area (Å²) in [6.45, 7) is 4.42. The molecule has 1 fully saturated rings. The van der Waals surface area contributed by atoms with E-state index in [1.807, 2.05) is 29.6 Å². The molecule has 1 aliphatic rings. The molecule has 0 radical (unpaired) electrons. The van der Waals surface area contributed by atoms with Crippen LogP contribution in [0.1, 0.15) is 25.6 Å². The maximum atomic E-state index is 13.0. The lowest BCUT2D eigenvalue weighted by atomic mass is 10.1. The van der Waals surface area contributed by atoms with E-state index in [1.165, 1.54) is 11.3 Å². The summed E-state index contributed by atoms with van der Waals surface area (Å²) in [4.78, 5) is 30.7. The van der Waals surface area contributed by atoms with Gasteiger partial charge >= 0.3 is 0 Å². The third kappa shape index (κ3) is 5.13. The van der Waals surface area contributed by atoms with Crippen LogP contribution in [0.15, 0.2) is 66.0 Å². The molecule has 0 unspecified atom stereocenters. The van der Waals surface area contributed by atoms with Crippen LogP contribution in [0.5, 0.6) is 0 Å². The molecule has 31 heavy (non-hydrogen) atoms. The van der Waals surface area contributed by atoms with E-state index in [1.54, 1.807) is 24.3 Å². The highest BCUT2D eigenvalue weighted by molar-refractivity contribution is 7.12. The van der Waals surface area contributed by atoms with Gasteiger partial charge in [0.25, 0.3) is 11.8 Å². The summed E-state index contributed by atoms with van der Waals surface area (Å²) in [5.74, 6) is -0.425. The Morgan fingerprint density at radius 3 is 2.42 bits per heavy atom. The number of rotatable bonds is 6. The number of carbonyl (C=O) groups excluding carboxylic acids is 2. The smallest absolute Gasteiger partial charge is 0.265 e. The van der Waals surface area contributed by atoms with Crippen molar-refractivity contribution in [2.24, 2.45) is 0 Å². The summed E-state index contributed by atoms with van der Waals surface area (Å²) in [6.07, 6.45) is 0. The quantitative estimate of drug-likeness (QED) is 0.621. The highest BCUT2D eigenvalue weighted by Gasteiger charge is 2.18. The van der Waals surface area contributed by atoms with Crippen LogP contribution in [0.3, 0.4) is 0 Å². The van der Waals surface area contributed by atoms with Gasteiger partial charge in [-0.15, -0.1) is 11.3 Å². The Bertz CT molecular complexity index is 1040. The number of carbonyl (C=O) groups is 2. The van der Waals surface area contributed by atoms with E-state index in [4.69, 9.17) is 0 Å². The van der Waals surface area contributed by atoms with Crippen LogP contribution < -0.4 is 15.5 Å². The maximum Gasteiger partial charge on any atom is 0.265 e. The standard InChI is InChI=1S/C24H26N4O2S/c1-27-12-14-28(15-13-27)21-10-5-2-7-18(21)17-25-23(29)19-8-3-4-9-20(19)26-24(30)22-11-6-16-31-22/h2-11,16H,12-15,17H2,1H3,(H,25,29)(H,26,30). The second-order valence-electron chi connectivity index (χ2n) is 7.58. The number of nitrogens with one attached hydrogen (secondary N) is 2. The van der Waals surface area contributed by atoms with Crippen molar-refractivity contribution in [2.75, 3.05) is 43.4 Å². The van der Waals surface area contributed by atoms with Gasteiger partial charge in [0.15, 0.2) is 0 Å². The molecule has 4 rings (SSSR count). The van der Waals surface area contributed by atoms with Gasteiger partial charge in [0.1, 0.15) is 0 Å². The number of piperazine rings is 1. The van der Waals surface area contributed by atoms with Gasteiger partial charge in [-0.25, -0.2) is 0 Å². The molecule has 0 bridgehead atoms. The predicted octanol–water partition coefficient (Wildman–Crippen LogP) is 3.68. The zero-order valence-corrected chi connectivity index (χ0v) is 18.3. The Balaban J connectivity index is 1.45. The van der Waals surface area contributed by atoms with E-state index in [0.717, 1.165) is 37.4 Å². The zero-order chi connectivity index (χ0) is 21.6. The summed E-state index contributed by atoms with van der Waals surface area (Å²) in [6, 6.07) is 18.9. The second kappa shape index (κ2) is 9.76. The first-order valence-electron chi connectivity index (χ1n) is 10.4. The van der Waals surface area contributed by atoms with Gasteiger partial charge in [-0.1, -0.05) is 36.4 Å². The molecule has 7 heteroatoms. The molecule has 1 aromatic heterocycles. The van der Waals surface area contributed by atoms with Gasteiger partial charge in [0.05, 0.1) is 16.1 Å². The normalized spacial score (nSPS) is 14.3. The van der Waals surface area contributed by atoms with E-state index < -0.39 is 0 Å². The highest BCUT2D eigenvalue weighted by Crippen LogP contribution is 2.22. The van der Waals surface area contributed by atoms with Crippen LogP contribution in [0.25, 0.3) is 0 Å². The fourth-order valence-corrected chi connectivity index (χ4v) is 4.29. The maximum absolute atomic E-state index is 13.0. The SMILES string of the molecule is CN1CCN(c2ccccc2CNC(=O)c2ccccc2NC(=O)c2cccs2)CC1.